The minimum absolute atomic E-state index is 0.108. The molecule has 1 aliphatic heterocycles. The average molecular weight is 252 g/mol. The van der Waals surface area contributed by atoms with Crippen molar-refractivity contribution < 1.29 is 14.0 Å². The van der Waals surface area contributed by atoms with Crippen LogP contribution in [0.2, 0.25) is 0 Å². The lowest BCUT2D eigenvalue weighted by Crippen LogP contribution is -2.31. The largest absolute Gasteiger partial charge is 0.459 e. The molecule has 1 atom stereocenters. The molecule has 1 fully saturated rings. The van der Waals surface area contributed by atoms with Crippen molar-refractivity contribution in [3.8, 4) is 0 Å². The summed E-state index contributed by atoms with van der Waals surface area (Å²) in [4.78, 5) is 24.5. The summed E-state index contributed by atoms with van der Waals surface area (Å²) in [5.74, 6) is 4.44. The fraction of sp³-hybridized carbons (Fsp3) is 0.455. The van der Waals surface area contributed by atoms with Gasteiger partial charge in [-0.15, -0.1) is 0 Å². The number of rotatable bonds is 4. The highest BCUT2D eigenvalue weighted by atomic mass is 16.3. The smallest absolute Gasteiger partial charge is 0.301 e. The van der Waals surface area contributed by atoms with E-state index >= 15 is 0 Å². The first-order valence-electron chi connectivity index (χ1n) is 5.70. The predicted octanol–water partition coefficient (Wildman–Crippen LogP) is -0.810. The number of nitrogens with one attached hydrogen (secondary N) is 1. The minimum Gasteiger partial charge on any atom is -0.459 e. The third-order valence-electron chi connectivity index (χ3n) is 3.15. The van der Waals surface area contributed by atoms with Crippen LogP contribution in [-0.2, 0) is 11.3 Å². The summed E-state index contributed by atoms with van der Waals surface area (Å²) in [5, 5.41) is 0. The topological polar surface area (TPSA) is 115 Å². The number of hydrogen-bond acceptors (Lipinski definition) is 5. The molecule has 0 spiro atoms. The molecule has 5 N–H and O–H groups in total. The zero-order chi connectivity index (χ0) is 13.1. The standard InChI is InChI=1S/C11H16N4O3/c12-10(16)8-1-3-15(6-8)5-7-2-4-18-9(7)11(17)14-13/h2,4,8H,1,3,5-6,13H2,(H2,12,16)(H,14,17). The van der Waals surface area contributed by atoms with E-state index in [-0.39, 0.29) is 17.6 Å². The summed E-state index contributed by atoms with van der Waals surface area (Å²) in [6.45, 7) is 1.94. The van der Waals surface area contributed by atoms with Crippen molar-refractivity contribution in [2.45, 2.75) is 13.0 Å². The SMILES string of the molecule is NNC(=O)c1occc1CN1CCC(C(N)=O)C1. The molecule has 1 unspecified atom stereocenters. The summed E-state index contributed by atoms with van der Waals surface area (Å²) in [6.07, 6.45) is 2.20. The number of hydrazine groups is 1. The van der Waals surface area contributed by atoms with Crippen LogP contribution in [-0.4, -0.2) is 29.8 Å². The fourth-order valence-corrected chi connectivity index (χ4v) is 2.17. The number of likely N-dealkylation sites (tertiary alicyclic amines) is 1. The van der Waals surface area contributed by atoms with Gasteiger partial charge in [0.05, 0.1) is 12.2 Å². The maximum absolute atomic E-state index is 11.4. The van der Waals surface area contributed by atoms with Crippen molar-refractivity contribution in [3.63, 3.8) is 0 Å². The number of primary amides is 1. The van der Waals surface area contributed by atoms with Crippen LogP contribution < -0.4 is 17.0 Å². The van der Waals surface area contributed by atoms with Crippen LogP contribution in [0.1, 0.15) is 22.5 Å². The van der Waals surface area contributed by atoms with E-state index in [1.807, 2.05) is 5.43 Å². The molecule has 7 nitrogen and oxygen atoms in total. The molecule has 0 aliphatic carbocycles. The highest BCUT2D eigenvalue weighted by molar-refractivity contribution is 5.92. The van der Waals surface area contributed by atoms with Crippen molar-refractivity contribution >= 4 is 11.8 Å². The second kappa shape index (κ2) is 5.19. The highest BCUT2D eigenvalue weighted by Gasteiger charge is 2.27. The molecular formula is C11H16N4O3. The van der Waals surface area contributed by atoms with Gasteiger partial charge >= 0.3 is 5.91 Å². The Morgan fingerprint density at radius 2 is 2.33 bits per heavy atom. The van der Waals surface area contributed by atoms with Crippen LogP contribution in [0.3, 0.4) is 0 Å². The number of nitrogens with two attached hydrogens (primary N) is 2. The monoisotopic (exact) mass is 252 g/mol. The maximum Gasteiger partial charge on any atom is 0.301 e. The number of carbonyl (C=O) groups is 2. The van der Waals surface area contributed by atoms with Crippen LogP contribution in [0.15, 0.2) is 16.7 Å². The Kier molecular flexibility index (Phi) is 3.63. The van der Waals surface area contributed by atoms with Gasteiger partial charge in [-0.05, 0) is 19.0 Å². The van der Waals surface area contributed by atoms with Gasteiger partial charge in [-0.3, -0.25) is 19.9 Å². The van der Waals surface area contributed by atoms with E-state index < -0.39 is 5.91 Å². The average Bonchev–Trinajstić information content (AvgIpc) is 2.97. The third kappa shape index (κ3) is 2.52. The molecule has 1 aromatic rings. The Bertz CT molecular complexity index is 457. The zero-order valence-electron chi connectivity index (χ0n) is 9.89. The highest BCUT2D eigenvalue weighted by Crippen LogP contribution is 2.20. The van der Waals surface area contributed by atoms with Crippen molar-refractivity contribution in [1.29, 1.82) is 0 Å². The Balaban J connectivity index is 2.01. The van der Waals surface area contributed by atoms with Crippen LogP contribution in [0, 0.1) is 5.92 Å². The second-order valence-corrected chi connectivity index (χ2v) is 4.37. The van der Waals surface area contributed by atoms with Crippen molar-refractivity contribution in [2.75, 3.05) is 13.1 Å². The lowest BCUT2D eigenvalue weighted by Gasteiger charge is -2.14. The lowest BCUT2D eigenvalue weighted by atomic mass is 10.1. The molecule has 0 radical (unpaired) electrons. The van der Waals surface area contributed by atoms with E-state index in [0.717, 1.165) is 18.5 Å². The van der Waals surface area contributed by atoms with Crippen LogP contribution in [0.5, 0.6) is 0 Å². The van der Waals surface area contributed by atoms with Crippen LogP contribution in [0.4, 0.5) is 0 Å². The van der Waals surface area contributed by atoms with E-state index in [1.54, 1.807) is 6.07 Å². The Hall–Kier alpha value is -1.86. The van der Waals surface area contributed by atoms with Crippen LogP contribution >= 0.6 is 0 Å². The third-order valence-corrected chi connectivity index (χ3v) is 3.15. The van der Waals surface area contributed by atoms with Gasteiger partial charge in [0.25, 0.3) is 0 Å². The van der Waals surface area contributed by atoms with Crippen molar-refractivity contribution in [1.82, 2.24) is 10.3 Å². The molecule has 0 bridgehead atoms. The number of furan rings is 1. The summed E-state index contributed by atoms with van der Waals surface area (Å²) >= 11 is 0. The molecule has 7 heteroatoms. The lowest BCUT2D eigenvalue weighted by molar-refractivity contribution is -0.121. The van der Waals surface area contributed by atoms with Crippen molar-refractivity contribution in [2.24, 2.45) is 17.5 Å². The van der Waals surface area contributed by atoms with Crippen molar-refractivity contribution in [3.05, 3.63) is 23.7 Å². The van der Waals surface area contributed by atoms with Gasteiger partial charge < -0.3 is 10.2 Å². The summed E-state index contributed by atoms with van der Waals surface area (Å²) in [6, 6.07) is 1.72. The second-order valence-electron chi connectivity index (χ2n) is 4.37. The fourth-order valence-electron chi connectivity index (χ4n) is 2.17. The quantitative estimate of drug-likeness (QED) is 0.368. The molecule has 1 aromatic heterocycles. The molecule has 2 amide bonds. The zero-order valence-corrected chi connectivity index (χ0v) is 9.89. The van der Waals surface area contributed by atoms with E-state index in [0.29, 0.717) is 13.1 Å². The molecule has 1 saturated heterocycles. The van der Waals surface area contributed by atoms with Gasteiger partial charge in [0.2, 0.25) is 5.91 Å². The van der Waals surface area contributed by atoms with E-state index in [1.165, 1.54) is 6.26 Å². The minimum atomic E-state index is -0.458. The normalized spacial score (nSPS) is 19.9. The molecule has 98 valence electrons. The van der Waals surface area contributed by atoms with Gasteiger partial charge in [-0.2, -0.15) is 0 Å². The Morgan fingerprint density at radius 3 is 2.94 bits per heavy atom. The van der Waals surface area contributed by atoms with E-state index in [9.17, 15) is 9.59 Å². The summed E-state index contributed by atoms with van der Waals surface area (Å²) in [7, 11) is 0. The van der Waals surface area contributed by atoms with Crippen LogP contribution in [0.25, 0.3) is 0 Å². The molecule has 18 heavy (non-hydrogen) atoms. The van der Waals surface area contributed by atoms with Gasteiger partial charge in [0.1, 0.15) is 0 Å². The molecule has 2 heterocycles. The van der Waals surface area contributed by atoms with E-state index in [2.05, 4.69) is 4.90 Å². The number of amides is 2. The number of carbonyl (C=O) groups excluding carboxylic acids is 2. The first-order valence-corrected chi connectivity index (χ1v) is 5.70. The molecule has 0 aromatic carbocycles. The predicted molar refractivity (Wildman–Crippen MR) is 62.9 cm³/mol. The van der Waals surface area contributed by atoms with Gasteiger partial charge in [0.15, 0.2) is 5.76 Å². The Morgan fingerprint density at radius 1 is 1.56 bits per heavy atom. The number of nitrogen functional groups attached to an aromatic ring is 1. The summed E-state index contributed by atoms with van der Waals surface area (Å²) < 4.78 is 5.09. The molecule has 0 saturated carbocycles. The molecule has 2 rings (SSSR count). The Labute approximate surface area is 104 Å². The van der Waals surface area contributed by atoms with E-state index in [4.69, 9.17) is 16.0 Å². The number of hydrogen-bond donors (Lipinski definition) is 3. The molecular weight excluding hydrogens is 236 g/mol. The number of nitrogens with zero attached hydrogens (tertiary/aromatic N) is 1. The van der Waals surface area contributed by atoms with Gasteiger partial charge in [-0.25, -0.2) is 5.84 Å². The van der Waals surface area contributed by atoms with Gasteiger partial charge in [-0.1, -0.05) is 0 Å². The first kappa shape index (κ1) is 12.6. The summed E-state index contributed by atoms with van der Waals surface area (Å²) in [5.41, 5.74) is 8.06. The van der Waals surface area contributed by atoms with Gasteiger partial charge in [0, 0.05) is 18.7 Å². The molecule has 1 aliphatic rings. The maximum atomic E-state index is 11.4. The first-order chi connectivity index (χ1) is 8.61.